The van der Waals surface area contributed by atoms with E-state index in [1.54, 1.807) is 0 Å². The molecule has 1 nitrogen and oxygen atoms in total. The van der Waals surface area contributed by atoms with Gasteiger partial charge in [0.2, 0.25) is 0 Å². The first-order chi connectivity index (χ1) is 7.13. The fraction of sp³-hybridized carbons (Fsp3) is 1.00. The summed E-state index contributed by atoms with van der Waals surface area (Å²) in [5.41, 5.74) is 0. The molecule has 0 aromatic heterocycles. The molecule has 96 valence electrons. The fourth-order valence-electron chi connectivity index (χ4n) is 1.97. The smallest absolute Gasteiger partial charge is 0.192 e. The van der Waals surface area contributed by atoms with Crippen molar-refractivity contribution in [3.05, 3.63) is 0 Å². The van der Waals surface area contributed by atoms with Crippen LogP contribution in [0.25, 0.3) is 0 Å². The summed E-state index contributed by atoms with van der Waals surface area (Å²) in [7, 11) is -1.80. The molecule has 1 saturated carbocycles. The summed E-state index contributed by atoms with van der Waals surface area (Å²) in [4.78, 5) is 0. The fourth-order valence-corrected chi connectivity index (χ4v) is 3.35. The minimum absolute atomic E-state index is 0.142. The van der Waals surface area contributed by atoms with Crippen molar-refractivity contribution in [3.8, 4) is 0 Å². The Morgan fingerprint density at radius 2 is 1.75 bits per heavy atom. The molecule has 0 bridgehead atoms. The number of rotatable bonds is 2. The molecule has 16 heavy (non-hydrogen) atoms. The van der Waals surface area contributed by atoms with Crippen molar-refractivity contribution in [2.45, 2.75) is 77.4 Å². The van der Waals surface area contributed by atoms with Crippen LogP contribution in [-0.4, -0.2) is 20.6 Å². The number of halogens is 1. The molecule has 1 aliphatic rings. The van der Waals surface area contributed by atoms with Crippen molar-refractivity contribution >= 4 is 8.32 Å². The van der Waals surface area contributed by atoms with Crippen molar-refractivity contribution in [3.63, 3.8) is 0 Å². The molecule has 1 rings (SSSR count). The van der Waals surface area contributed by atoms with Gasteiger partial charge >= 0.3 is 0 Å². The zero-order valence-corrected chi connectivity index (χ0v) is 12.6. The van der Waals surface area contributed by atoms with Gasteiger partial charge in [-0.3, -0.25) is 0 Å². The quantitative estimate of drug-likeness (QED) is 0.650. The van der Waals surface area contributed by atoms with Crippen LogP contribution >= 0.6 is 0 Å². The Morgan fingerprint density at radius 3 is 2.19 bits per heavy atom. The van der Waals surface area contributed by atoms with E-state index in [2.05, 4.69) is 40.8 Å². The summed E-state index contributed by atoms with van der Waals surface area (Å²) in [6, 6.07) is 0. The Labute approximate surface area is 101 Å². The van der Waals surface area contributed by atoms with Gasteiger partial charge in [-0.15, -0.1) is 0 Å². The minimum Gasteiger partial charge on any atom is -0.411 e. The Balaban J connectivity index is 2.60. The van der Waals surface area contributed by atoms with E-state index in [4.69, 9.17) is 4.43 Å². The first kappa shape index (κ1) is 14.2. The van der Waals surface area contributed by atoms with Crippen LogP contribution in [0.5, 0.6) is 0 Å². The van der Waals surface area contributed by atoms with Gasteiger partial charge in [0.1, 0.15) is 6.17 Å². The lowest BCUT2D eigenvalue weighted by Gasteiger charge is -2.42. The van der Waals surface area contributed by atoms with Crippen LogP contribution in [0.3, 0.4) is 0 Å². The monoisotopic (exact) mass is 246 g/mol. The lowest BCUT2D eigenvalue weighted by atomic mass is 9.88. The third kappa shape index (κ3) is 3.30. The topological polar surface area (TPSA) is 9.23 Å². The van der Waals surface area contributed by atoms with Gasteiger partial charge in [-0.1, -0.05) is 27.7 Å². The molecule has 0 aromatic rings. The van der Waals surface area contributed by atoms with E-state index in [0.29, 0.717) is 12.3 Å². The Kier molecular flexibility index (Phi) is 4.22. The van der Waals surface area contributed by atoms with Crippen LogP contribution in [-0.2, 0) is 4.43 Å². The maximum atomic E-state index is 13.9. The molecule has 0 aliphatic heterocycles. The van der Waals surface area contributed by atoms with E-state index in [1.807, 2.05) is 0 Å². The molecule has 0 N–H and O–H groups in total. The second-order valence-electron chi connectivity index (χ2n) is 6.85. The van der Waals surface area contributed by atoms with Gasteiger partial charge in [-0.05, 0) is 43.3 Å². The lowest BCUT2D eigenvalue weighted by molar-refractivity contribution is 0.0361. The molecule has 0 unspecified atom stereocenters. The predicted molar refractivity (Wildman–Crippen MR) is 70.0 cm³/mol. The maximum Gasteiger partial charge on any atom is 0.192 e. The molecule has 0 radical (unpaired) electrons. The third-order valence-electron chi connectivity index (χ3n) is 4.23. The second kappa shape index (κ2) is 4.77. The Morgan fingerprint density at radius 1 is 1.19 bits per heavy atom. The standard InChI is InChI=1S/C13H27FOSi/c1-10-7-8-12(11(14)9-10)15-16(5,6)13(2,3)4/h10-12H,7-9H2,1-6H3/t10-,11-,12+/m0/s1. The van der Waals surface area contributed by atoms with Gasteiger partial charge in [0.05, 0.1) is 6.10 Å². The number of hydrogen-bond acceptors (Lipinski definition) is 1. The highest BCUT2D eigenvalue weighted by atomic mass is 28.4. The van der Waals surface area contributed by atoms with E-state index in [9.17, 15) is 4.39 Å². The molecule has 0 amide bonds. The highest BCUT2D eigenvalue weighted by molar-refractivity contribution is 6.74. The first-order valence-electron chi connectivity index (χ1n) is 6.45. The molecule has 0 heterocycles. The van der Waals surface area contributed by atoms with Gasteiger partial charge in [-0.25, -0.2) is 4.39 Å². The molecule has 3 atom stereocenters. The Bertz CT molecular complexity index is 235. The van der Waals surface area contributed by atoms with Gasteiger partial charge < -0.3 is 4.43 Å². The zero-order valence-electron chi connectivity index (χ0n) is 11.6. The van der Waals surface area contributed by atoms with Crippen LogP contribution in [0, 0.1) is 5.92 Å². The summed E-state index contributed by atoms with van der Waals surface area (Å²) in [6.45, 7) is 13.2. The van der Waals surface area contributed by atoms with Crippen LogP contribution in [0.2, 0.25) is 18.1 Å². The molecule has 0 saturated heterocycles. The average Bonchev–Trinajstić information content (AvgIpc) is 2.08. The van der Waals surface area contributed by atoms with Crippen molar-refractivity contribution in [1.82, 2.24) is 0 Å². The number of hydrogen-bond donors (Lipinski definition) is 0. The van der Waals surface area contributed by atoms with Crippen molar-refractivity contribution in [2.75, 3.05) is 0 Å². The highest BCUT2D eigenvalue weighted by Crippen LogP contribution is 2.40. The van der Waals surface area contributed by atoms with Crippen molar-refractivity contribution in [2.24, 2.45) is 5.92 Å². The molecule has 0 aromatic carbocycles. The third-order valence-corrected chi connectivity index (χ3v) is 8.73. The highest BCUT2D eigenvalue weighted by Gasteiger charge is 2.41. The van der Waals surface area contributed by atoms with Crippen LogP contribution in [0.4, 0.5) is 4.39 Å². The van der Waals surface area contributed by atoms with E-state index in [0.717, 1.165) is 12.8 Å². The van der Waals surface area contributed by atoms with Gasteiger partial charge in [-0.2, -0.15) is 0 Å². The van der Waals surface area contributed by atoms with Gasteiger partial charge in [0.25, 0.3) is 0 Å². The van der Waals surface area contributed by atoms with Crippen LogP contribution in [0.1, 0.15) is 47.0 Å². The first-order valence-corrected chi connectivity index (χ1v) is 9.36. The van der Waals surface area contributed by atoms with Gasteiger partial charge in [0, 0.05) is 0 Å². The SMILES string of the molecule is C[C@H]1CC[C@@H](O[Si](C)(C)C(C)(C)C)[C@@H](F)C1. The summed E-state index contributed by atoms with van der Waals surface area (Å²) < 4.78 is 20.1. The molecule has 1 fully saturated rings. The van der Waals surface area contributed by atoms with E-state index in [1.165, 1.54) is 0 Å². The second-order valence-corrected chi connectivity index (χ2v) is 11.6. The molecular weight excluding hydrogens is 219 g/mol. The molecular formula is C13H27FOSi. The van der Waals surface area contributed by atoms with Crippen LogP contribution in [0.15, 0.2) is 0 Å². The van der Waals surface area contributed by atoms with E-state index < -0.39 is 14.5 Å². The minimum atomic E-state index is -1.80. The summed E-state index contributed by atoms with van der Waals surface area (Å²) in [5, 5.41) is 0.176. The summed E-state index contributed by atoms with van der Waals surface area (Å²) in [6.07, 6.45) is 1.79. The zero-order chi connectivity index (χ0) is 12.6. The Hall–Kier alpha value is 0.107. The lowest BCUT2D eigenvalue weighted by Crippen LogP contribution is -2.47. The van der Waals surface area contributed by atoms with E-state index in [-0.39, 0.29) is 11.1 Å². The number of alkyl halides is 1. The maximum absolute atomic E-state index is 13.9. The molecule has 0 spiro atoms. The molecule has 1 aliphatic carbocycles. The summed E-state index contributed by atoms with van der Waals surface area (Å²) in [5.74, 6) is 0.522. The van der Waals surface area contributed by atoms with Crippen LogP contribution < -0.4 is 0 Å². The largest absolute Gasteiger partial charge is 0.411 e. The van der Waals surface area contributed by atoms with E-state index >= 15 is 0 Å². The van der Waals surface area contributed by atoms with Gasteiger partial charge in [0.15, 0.2) is 8.32 Å². The summed E-state index contributed by atoms with van der Waals surface area (Å²) >= 11 is 0. The normalized spacial score (nSPS) is 32.8. The van der Waals surface area contributed by atoms with Crippen molar-refractivity contribution < 1.29 is 8.82 Å². The average molecular weight is 246 g/mol. The van der Waals surface area contributed by atoms with Crippen molar-refractivity contribution in [1.29, 1.82) is 0 Å². The molecule has 3 heteroatoms. The predicted octanol–water partition coefficient (Wildman–Crippen LogP) is 4.53.